The molecule has 0 saturated heterocycles. The Balaban J connectivity index is 3.24. The zero-order valence-electron chi connectivity index (χ0n) is 6.34. The number of methoxy groups -OCH3 is 1. The van der Waals surface area contributed by atoms with Crippen molar-refractivity contribution in [1.82, 2.24) is 9.97 Å². The summed E-state index contributed by atoms with van der Waals surface area (Å²) in [5.74, 6) is 0.645. The van der Waals surface area contributed by atoms with Gasteiger partial charge in [0.15, 0.2) is 5.82 Å². The Morgan fingerprint density at radius 2 is 2.45 bits per heavy atom. The average molecular weight is 155 g/mol. The molecular weight excluding hydrogens is 146 g/mol. The minimum absolute atomic E-state index is 0.204. The molecule has 5 heteroatoms. The van der Waals surface area contributed by atoms with Crippen LogP contribution < -0.4 is 15.6 Å². The van der Waals surface area contributed by atoms with Gasteiger partial charge >= 0.3 is 0 Å². The van der Waals surface area contributed by atoms with Crippen LogP contribution in [0.5, 0.6) is 5.75 Å². The number of hydrogen-bond donors (Lipinski definition) is 2. The van der Waals surface area contributed by atoms with E-state index in [2.05, 4.69) is 15.3 Å². The lowest BCUT2D eigenvalue weighted by atomic mass is 10.5. The molecule has 0 aliphatic rings. The van der Waals surface area contributed by atoms with Crippen LogP contribution in [0.2, 0.25) is 0 Å². The number of nitrogens with zero attached hydrogens (tertiary/aromatic N) is 1. The van der Waals surface area contributed by atoms with E-state index in [1.54, 1.807) is 7.05 Å². The van der Waals surface area contributed by atoms with E-state index >= 15 is 0 Å². The lowest BCUT2D eigenvalue weighted by Crippen LogP contribution is -2.12. The first-order valence-electron chi connectivity index (χ1n) is 3.09. The minimum Gasteiger partial charge on any atom is -0.489 e. The molecule has 60 valence electrons. The third kappa shape index (κ3) is 1.31. The number of rotatable bonds is 2. The van der Waals surface area contributed by atoms with Crippen LogP contribution in [-0.4, -0.2) is 24.1 Å². The van der Waals surface area contributed by atoms with Crippen molar-refractivity contribution in [3.63, 3.8) is 0 Å². The largest absolute Gasteiger partial charge is 0.489 e. The second-order valence-corrected chi connectivity index (χ2v) is 1.86. The van der Waals surface area contributed by atoms with E-state index in [9.17, 15) is 4.79 Å². The molecule has 11 heavy (non-hydrogen) atoms. The Bertz CT molecular complexity index is 294. The first-order chi connectivity index (χ1) is 5.29. The molecule has 0 aliphatic heterocycles. The van der Waals surface area contributed by atoms with Gasteiger partial charge in [-0.05, 0) is 0 Å². The standard InChI is InChI=1S/C6H9N3O2/c1-7-5-4(11-2)6(10)9-3-8-5/h3H,1-2H3,(H2,7,8,9,10). The number of aromatic amines is 1. The SMILES string of the molecule is CNc1nc[nH]c(=O)c1OC. The van der Waals surface area contributed by atoms with Crippen molar-refractivity contribution in [3.8, 4) is 5.75 Å². The molecule has 1 aromatic rings. The maximum atomic E-state index is 11.0. The zero-order chi connectivity index (χ0) is 8.27. The number of H-pyrrole nitrogens is 1. The van der Waals surface area contributed by atoms with Gasteiger partial charge in [0.2, 0.25) is 5.75 Å². The van der Waals surface area contributed by atoms with Gasteiger partial charge in [0.1, 0.15) is 0 Å². The molecule has 1 rings (SSSR count). The van der Waals surface area contributed by atoms with E-state index in [0.29, 0.717) is 5.82 Å². The summed E-state index contributed by atoms with van der Waals surface area (Å²) in [6.07, 6.45) is 1.32. The van der Waals surface area contributed by atoms with Gasteiger partial charge in [-0.15, -0.1) is 0 Å². The van der Waals surface area contributed by atoms with Gasteiger partial charge in [0.25, 0.3) is 5.56 Å². The summed E-state index contributed by atoms with van der Waals surface area (Å²) < 4.78 is 4.80. The van der Waals surface area contributed by atoms with Gasteiger partial charge in [-0.3, -0.25) is 4.79 Å². The second-order valence-electron chi connectivity index (χ2n) is 1.86. The molecule has 0 fully saturated rings. The van der Waals surface area contributed by atoms with E-state index in [1.807, 2.05) is 0 Å². The summed E-state index contributed by atoms with van der Waals surface area (Å²) in [5.41, 5.74) is -0.285. The number of anilines is 1. The molecule has 5 nitrogen and oxygen atoms in total. The lowest BCUT2D eigenvalue weighted by molar-refractivity contribution is 0.408. The lowest BCUT2D eigenvalue weighted by Gasteiger charge is -2.02. The molecule has 0 aliphatic carbocycles. The highest BCUT2D eigenvalue weighted by atomic mass is 16.5. The van der Waals surface area contributed by atoms with Crippen LogP contribution in [0, 0.1) is 0 Å². The molecule has 0 bridgehead atoms. The van der Waals surface area contributed by atoms with Crippen LogP contribution in [0.3, 0.4) is 0 Å². The highest BCUT2D eigenvalue weighted by molar-refractivity contribution is 5.46. The van der Waals surface area contributed by atoms with Crippen molar-refractivity contribution < 1.29 is 4.74 Å². The van der Waals surface area contributed by atoms with Crippen molar-refractivity contribution in [2.75, 3.05) is 19.5 Å². The fourth-order valence-corrected chi connectivity index (χ4v) is 0.755. The molecule has 0 radical (unpaired) electrons. The fraction of sp³-hybridized carbons (Fsp3) is 0.333. The Labute approximate surface area is 63.4 Å². The maximum absolute atomic E-state index is 11.0. The second kappa shape index (κ2) is 3.05. The Hall–Kier alpha value is -1.52. The van der Waals surface area contributed by atoms with Crippen LogP contribution in [0.4, 0.5) is 5.82 Å². The van der Waals surface area contributed by atoms with Crippen LogP contribution in [0.25, 0.3) is 0 Å². The van der Waals surface area contributed by atoms with E-state index in [1.165, 1.54) is 13.4 Å². The molecule has 1 heterocycles. The normalized spacial score (nSPS) is 9.27. The maximum Gasteiger partial charge on any atom is 0.295 e. The monoisotopic (exact) mass is 155 g/mol. The molecule has 0 spiro atoms. The molecular formula is C6H9N3O2. The van der Waals surface area contributed by atoms with E-state index in [-0.39, 0.29) is 11.3 Å². The molecule has 1 aromatic heterocycles. The van der Waals surface area contributed by atoms with Gasteiger partial charge in [0, 0.05) is 7.05 Å². The predicted molar refractivity (Wildman–Crippen MR) is 41.0 cm³/mol. The van der Waals surface area contributed by atoms with E-state index < -0.39 is 0 Å². The van der Waals surface area contributed by atoms with Crippen molar-refractivity contribution in [2.24, 2.45) is 0 Å². The minimum atomic E-state index is -0.285. The first kappa shape index (κ1) is 7.59. The molecule has 2 N–H and O–H groups in total. The first-order valence-corrected chi connectivity index (χ1v) is 3.09. The Morgan fingerprint density at radius 3 is 2.91 bits per heavy atom. The van der Waals surface area contributed by atoms with Crippen molar-refractivity contribution in [3.05, 3.63) is 16.7 Å². The fourth-order valence-electron chi connectivity index (χ4n) is 0.755. The number of ether oxygens (including phenoxy) is 1. The summed E-state index contributed by atoms with van der Waals surface area (Å²) in [5, 5.41) is 2.73. The molecule has 0 aromatic carbocycles. The van der Waals surface area contributed by atoms with Crippen molar-refractivity contribution in [1.29, 1.82) is 0 Å². The topological polar surface area (TPSA) is 67.0 Å². The molecule has 0 unspecified atom stereocenters. The molecule has 0 amide bonds. The van der Waals surface area contributed by atoms with Crippen LogP contribution in [0.1, 0.15) is 0 Å². The van der Waals surface area contributed by atoms with E-state index in [0.717, 1.165) is 0 Å². The van der Waals surface area contributed by atoms with Gasteiger partial charge in [-0.1, -0.05) is 0 Å². The summed E-state index contributed by atoms with van der Waals surface area (Å²) in [7, 11) is 3.09. The highest BCUT2D eigenvalue weighted by Crippen LogP contribution is 2.12. The number of nitrogens with one attached hydrogen (secondary N) is 2. The quantitative estimate of drug-likeness (QED) is 0.621. The Kier molecular flexibility index (Phi) is 2.10. The van der Waals surface area contributed by atoms with Gasteiger partial charge < -0.3 is 15.0 Å². The molecule has 0 saturated carbocycles. The molecule has 0 atom stereocenters. The smallest absolute Gasteiger partial charge is 0.295 e. The highest BCUT2D eigenvalue weighted by Gasteiger charge is 2.04. The summed E-state index contributed by atoms with van der Waals surface area (Å²) >= 11 is 0. The average Bonchev–Trinajstić information content (AvgIpc) is 2.04. The van der Waals surface area contributed by atoms with Crippen molar-refractivity contribution >= 4 is 5.82 Å². The number of aromatic nitrogens is 2. The third-order valence-corrected chi connectivity index (χ3v) is 1.25. The summed E-state index contributed by atoms with van der Waals surface area (Å²) in [6, 6.07) is 0. The van der Waals surface area contributed by atoms with Crippen molar-refractivity contribution in [2.45, 2.75) is 0 Å². The van der Waals surface area contributed by atoms with Gasteiger partial charge in [-0.2, -0.15) is 0 Å². The van der Waals surface area contributed by atoms with Gasteiger partial charge in [-0.25, -0.2) is 4.98 Å². The summed E-state index contributed by atoms with van der Waals surface area (Å²) in [6.45, 7) is 0. The zero-order valence-corrected chi connectivity index (χ0v) is 6.34. The van der Waals surface area contributed by atoms with E-state index in [4.69, 9.17) is 4.74 Å². The van der Waals surface area contributed by atoms with Crippen LogP contribution in [-0.2, 0) is 0 Å². The number of hydrogen-bond acceptors (Lipinski definition) is 4. The summed E-state index contributed by atoms with van der Waals surface area (Å²) in [4.78, 5) is 17.2. The Morgan fingerprint density at radius 1 is 1.73 bits per heavy atom. The van der Waals surface area contributed by atoms with Gasteiger partial charge in [0.05, 0.1) is 13.4 Å². The predicted octanol–water partition coefficient (Wildman–Crippen LogP) is -0.180. The van der Waals surface area contributed by atoms with Crippen LogP contribution >= 0.6 is 0 Å². The van der Waals surface area contributed by atoms with Crippen LogP contribution in [0.15, 0.2) is 11.1 Å². The third-order valence-electron chi connectivity index (χ3n) is 1.25.